The van der Waals surface area contributed by atoms with Gasteiger partial charge in [0.2, 0.25) is 5.91 Å². The Morgan fingerprint density at radius 3 is 2.68 bits per heavy atom. The van der Waals surface area contributed by atoms with Gasteiger partial charge < -0.3 is 5.32 Å². The Morgan fingerprint density at radius 2 is 2.05 bits per heavy atom. The van der Waals surface area contributed by atoms with Gasteiger partial charge in [-0.05, 0) is 50.2 Å². The molecule has 2 bridgehead atoms. The number of thioether (sulfide) groups is 1. The summed E-state index contributed by atoms with van der Waals surface area (Å²) in [7, 11) is 0. The smallest absolute Gasteiger partial charge is 0.233 e. The van der Waals surface area contributed by atoms with Crippen molar-refractivity contribution in [2.24, 2.45) is 11.8 Å². The molecule has 2 nitrogen and oxygen atoms in total. The fraction of sp³-hybridized carbons (Fsp3) is 0.562. The molecule has 0 heterocycles. The lowest BCUT2D eigenvalue weighted by Gasteiger charge is -2.24. The fourth-order valence-electron chi connectivity index (χ4n) is 3.48. The van der Waals surface area contributed by atoms with Gasteiger partial charge in [0, 0.05) is 10.9 Å². The monoisotopic (exact) mass is 275 g/mol. The minimum Gasteiger partial charge on any atom is -0.352 e. The van der Waals surface area contributed by atoms with E-state index in [2.05, 4.69) is 17.4 Å². The molecule has 102 valence electrons. The number of rotatable bonds is 4. The zero-order valence-corrected chi connectivity index (χ0v) is 12.2. The van der Waals surface area contributed by atoms with E-state index in [0.717, 1.165) is 16.7 Å². The number of fused-ring (bicyclic) bond motifs is 2. The molecule has 0 spiro atoms. The standard InChI is InChI=1S/C16H21NOS/c1-11(19-14-5-3-2-4-6-14)16(18)17-15-10-12-7-8-13(15)9-12/h2-6,11-13,15H,7-10H2,1H3,(H,17,18)/t11-,12+,13+,15+/m1/s1. The number of carbonyl (C=O) groups excluding carboxylic acids is 1. The first-order valence-electron chi connectivity index (χ1n) is 7.24. The molecular weight excluding hydrogens is 254 g/mol. The van der Waals surface area contributed by atoms with Crippen LogP contribution in [0.5, 0.6) is 0 Å². The van der Waals surface area contributed by atoms with Crippen molar-refractivity contribution in [3.05, 3.63) is 30.3 Å². The number of amides is 1. The van der Waals surface area contributed by atoms with Gasteiger partial charge in [0.1, 0.15) is 0 Å². The summed E-state index contributed by atoms with van der Waals surface area (Å²) >= 11 is 1.64. The Hall–Kier alpha value is -0.960. The second kappa shape index (κ2) is 5.58. The molecule has 0 aromatic heterocycles. The van der Waals surface area contributed by atoms with E-state index in [1.807, 2.05) is 25.1 Å². The molecule has 0 radical (unpaired) electrons. The van der Waals surface area contributed by atoms with Crippen molar-refractivity contribution in [3.8, 4) is 0 Å². The van der Waals surface area contributed by atoms with Gasteiger partial charge in [0.15, 0.2) is 0 Å². The van der Waals surface area contributed by atoms with Crippen molar-refractivity contribution < 1.29 is 4.79 Å². The molecule has 1 aromatic rings. The van der Waals surface area contributed by atoms with Crippen LogP contribution in [0.3, 0.4) is 0 Å². The maximum absolute atomic E-state index is 12.2. The molecule has 19 heavy (non-hydrogen) atoms. The van der Waals surface area contributed by atoms with Crippen LogP contribution >= 0.6 is 11.8 Å². The number of benzene rings is 1. The predicted octanol–water partition coefficient (Wildman–Crippen LogP) is 3.47. The van der Waals surface area contributed by atoms with Gasteiger partial charge in [-0.15, -0.1) is 11.8 Å². The Morgan fingerprint density at radius 1 is 1.26 bits per heavy atom. The summed E-state index contributed by atoms with van der Waals surface area (Å²) < 4.78 is 0. The first-order chi connectivity index (χ1) is 9.22. The Kier molecular flexibility index (Phi) is 3.83. The second-order valence-corrected chi connectivity index (χ2v) is 7.28. The van der Waals surface area contributed by atoms with Gasteiger partial charge in [-0.3, -0.25) is 4.79 Å². The Balaban J connectivity index is 1.53. The highest BCUT2D eigenvalue weighted by atomic mass is 32.2. The van der Waals surface area contributed by atoms with E-state index < -0.39 is 0 Å². The lowest BCUT2D eigenvalue weighted by Crippen LogP contribution is -2.42. The molecule has 4 atom stereocenters. The Labute approximate surface area is 119 Å². The summed E-state index contributed by atoms with van der Waals surface area (Å²) in [6.07, 6.45) is 5.24. The SMILES string of the molecule is C[C@@H](Sc1ccccc1)C(=O)N[C@H]1C[C@H]2CC[C@H]1C2. The van der Waals surface area contributed by atoms with Crippen molar-refractivity contribution in [1.82, 2.24) is 5.32 Å². The molecule has 2 fully saturated rings. The summed E-state index contributed by atoms with van der Waals surface area (Å²) in [5, 5.41) is 3.26. The van der Waals surface area contributed by atoms with Crippen LogP contribution in [0.4, 0.5) is 0 Å². The van der Waals surface area contributed by atoms with Crippen LogP contribution in [-0.4, -0.2) is 17.2 Å². The van der Waals surface area contributed by atoms with E-state index in [-0.39, 0.29) is 11.2 Å². The average Bonchev–Trinajstić information content (AvgIpc) is 3.02. The van der Waals surface area contributed by atoms with Gasteiger partial charge in [-0.1, -0.05) is 24.6 Å². The molecule has 3 rings (SSSR count). The van der Waals surface area contributed by atoms with E-state index >= 15 is 0 Å². The topological polar surface area (TPSA) is 29.1 Å². The van der Waals surface area contributed by atoms with E-state index in [9.17, 15) is 4.79 Å². The van der Waals surface area contributed by atoms with Gasteiger partial charge in [0.05, 0.1) is 5.25 Å². The lowest BCUT2D eigenvalue weighted by atomic mass is 9.95. The van der Waals surface area contributed by atoms with Gasteiger partial charge in [-0.25, -0.2) is 0 Å². The van der Waals surface area contributed by atoms with Crippen molar-refractivity contribution >= 4 is 17.7 Å². The highest BCUT2D eigenvalue weighted by molar-refractivity contribution is 8.00. The van der Waals surface area contributed by atoms with E-state index in [4.69, 9.17) is 0 Å². The minimum absolute atomic E-state index is 0.0125. The lowest BCUT2D eigenvalue weighted by molar-refractivity contribution is -0.121. The van der Waals surface area contributed by atoms with Crippen molar-refractivity contribution in [2.45, 2.75) is 48.8 Å². The maximum Gasteiger partial charge on any atom is 0.233 e. The van der Waals surface area contributed by atoms with Crippen molar-refractivity contribution in [3.63, 3.8) is 0 Å². The molecule has 3 heteroatoms. The minimum atomic E-state index is -0.0125. The highest BCUT2D eigenvalue weighted by Gasteiger charge is 2.40. The molecule has 2 saturated carbocycles. The number of carbonyl (C=O) groups is 1. The van der Waals surface area contributed by atoms with Gasteiger partial charge >= 0.3 is 0 Å². The summed E-state index contributed by atoms with van der Waals surface area (Å²) in [5.74, 6) is 1.83. The molecule has 1 amide bonds. The highest BCUT2D eigenvalue weighted by Crippen LogP contribution is 2.44. The first-order valence-corrected chi connectivity index (χ1v) is 8.12. The molecule has 2 aliphatic carbocycles. The number of hydrogen-bond acceptors (Lipinski definition) is 2. The first kappa shape index (κ1) is 13.0. The molecular formula is C16H21NOS. The molecule has 1 aromatic carbocycles. The maximum atomic E-state index is 12.2. The third-order valence-corrected chi connectivity index (χ3v) is 5.60. The molecule has 0 unspecified atom stereocenters. The largest absolute Gasteiger partial charge is 0.352 e. The van der Waals surface area contributed by atoms with Crippen molar-refractivity contribution in [2.75, 3.05) is 0 Å². The van der Waals surface area contributed by atoms with Crippen molar-refractivity contribution in [1.29, 1.82) is 0 Å². The summed E-state index contributed by atoms with van der Waals surface area (Å²) in [5.41, 5.74) is 0. The quantitative estimate of drug-likeness (QED) is 0.852. The van der Waals surface area contributed by atoms with Crippen LogP contribution in [0, 0.1) is 11.8 Å². The van der Waals surface area contributed by atoms with E-state index in [1.165, 1.54) is 25.7 Å². The Bertz CT molecular complexity index is 447. The van der Waals surface area contributed by atoms with Crippen LogP contribution in [0.2, 0.25) is 0 Å². The van der Waals surface area contributed by atoms with Gasteiger partial charge in [-0.2, -0.15) is 0 Å². The summed E-state index contributed by atoms with van der Waals surface area (Å²) in [6, 6.07) is 10.6. The number of nitrogens with one attached hydrogen (secondary N) is 1. The normalized spacial score (nSPS) is 30.3. The molecule has 2 aliphatic rings. The van der Waals surface area contributed by atoms with Crippen LogP contribution in [0.15, 0.2) is 35.2 Å². The third-order valence-electron chi connectivity index (χ3n) is 4.49. The molecule has 0 saturated heterocycles. The zero-order valence-electron chi connectivity index (χ0n) is 11.3. The van der Waals surface area contributed by atoms with Crippen LogP contribution in [0.1, 0.15) is 32.6 Å². The predicted molar refractivity (Wildman–Crippen MR) is 79.1 cm³/mol. The zero-order chi connectivity index (χ0) is 13.2. The van der Waals surface area contributed by atoms with E-state index in [0.29, 0.717) is 6.04 Å². The molecule has 0 aliphatic heterocycles. The summed E-state index contributed by atoms with van der Waals surface area (Å²) in [4.78, 5) is 13.4. The van der Waals surface area contributed by atoms with Crippen LogP contribution in [-0.2, 0) is 4.79 Å². The average molecular weight is 275 g/mol. The van der Waals surface area contributed by atoms with Crippen LogP contribution in [0.25, 0.3) is 0 Å². The van der Waals surface area contributed by atoms with Gasteiger partial charge in [0.25, 0.3) is 0 Å². The third kappa shape index (κ3) is 2.97. The van der Waals surface area contributed by atoms with E-state index in [1.54, 1.807) is 11.8 Å². The molecule has 1 N–H and O–H groups in total. The number of hydrogen-bond donors (Lipinski definition) is 1. The summed E-state index contributed by atoms with van der Waals surface area (Å²) in [6.45, 7) is 2.00. The van der Waals surface area contributed by atoms with Crippen LogP contribution < -0.4 is 5.32 Å². The fourth-order valence-corrected chi connectivity index (χ4v) is 4.38. The second-order valence-electron chi connectivity index (χ2n) is 5.86.